The second kappa shape index (κ2) is 4.65. The molecule has 3 nitrogen and oxygen atoms in total. The summed E-state index contributed by atoms with van der Waals surface area (Å²) in [4.78, 5) is 7.17. The van der Waals surface area contributed by atoms with E-state index in [0.29, 0.717) is 6.04 Å². The highest BCUT2D eigenvalue weighted by molar-refractivity contribution is 5.54. The first-order valence-electron chi connectivity index (χ1n) is 6.84. The molecule has 0 aromatic carbocycles. The molecule has 17 heavy (non-hydrogen) atoms. The summed E-state index contributed by atoms with van der Waals surface area (Å²) in [6.45, 7) is 5.58. The molecule has 0 spiro atoms. The van der Waals surface area contributed by atoms with Crippen LogP contribution < -0.4 is 10.2 Å². The monoisotopic (exact) mass is 231 g/mol. The van der Waals surface area contributed by atoms with Crippen LogP contribution in [0.1, 0.15) is 30.9 Å². The van der Waals surface area contributed by atoms with Crippen molar-refractivity contribution in [1.82, 2.24) is 10.3 Å². The van der Waals surface area contributed by atoms with Gasteiger partial charge in [0, 0.05) is 31.9 Å². The number of hydrogen-bond donors (Lipinski definition) is 1. The van der Waals surface area contributed by atoms with E-state index < -0.39 is 0 Å². The molecule has 2 aliphatic heterocycles. The Morgan fingerprint density at radius 3 is 3.35 bits per heavy atom. The molecule has 1 aromatic rings. The normalized spacial score (nSPS) is 23.1. The van der Waals surface area contributed by atoms with Crippen molar-refractivity contribution in [1.29, 1.82) is 0 Å². The number of anilines is 1. The van der Waals surface area contributed by atoms with Crippen molar-refractivity contribution in [2.75, 3.05) is 24.5 Å². The summed E-state index contributed by atoms with van der Waals surface area (Å²) in [6, 6.07) is 2.88. The third-order valence-corrected chi connectivity index (χ3v) is 4.00. The smallest absolute Gasteiger partial charge is 0.132 e. The maximum absolute atomic E-state index is 4.64. The van der Waals surface area contributed by atoms with Crippen LogP contribution in [0.2, 0.25) is 0 Å². The highest BCUT2D eigenvalue weighted by Crippen LogP contribution is 2.31. The highest BCUT2D eigenvalue weighted by Gasteiger charge is 2.30. The van der Waals surface area contributed by atoms with E-state index in [0.717, 1.165) is 19.6 Å². The van der Waals surface area contributed by atoms with E-state index in [2.05, 4.69) is 28.2 Å². The molecule has 1 atom stereocenters. The maximum Gasteiger partial charge on any atom is 0.132 e. The lowest BCUT2D eigenvalue weighted by Gasteiger charge is -2.42. The quantitative estimate of drug-likeness (QED) is 0.840. The van der Waals surface area contributed by atoms with Gasteiger partial charge in [0.2, 0.25) is 0 Å². The van der Waals surface area contributed by atoms with Crippen LogP contribution in [-0.2, 0) is 12.8 Å². The van der Waals surface area contributed by atoms with Crippen LogP contribution >= 0.6 is 0 Å². The van der Waals surface area contributed by atoms with Gasteiger partial charge in [0.15, 0.2) is 0 Å². The second-order valence-electron chi connectivity index (χ2n) is 5.11. The Bertz CT molecular complexity index is 402. The Morgan fingerprint density at radius 2 is 2.47 bits per heavy atom. The molecular weight excluding hydrogens is 210 g/mol. The molecule has 3 heteroatoms. The highest BCUT2D eigenvalue weighted by atomic mass is 15.3. The molecule has 3 rings (SSSR count). The standard InChI is InChI=1S/C14H21N3/c1-2-3-11-6-7-16-14-13(11)5-4-12-10-15-8-9-17(12)14/h6-7,12,15H,2-5,8-10H2,1H3. The van der Waals surface area contributed by atoms with Gasteiger partial charge in [-0.05, 0) is 36.5 Å². The summed E-state index contributed by atoms with van der Waals surface area (Å²) >= 11 is 0. The van der Waals surface area contributed by atoms with Gasteiger partial charge in [-0.15, -0.1) is 0 Å². The first kappa shape index (κ1) is 11.0. The summed E-state index contributed by atoms with van der Waals surface area (Å²) in [5, 5.41) is 3.49. The van der Waals surface area contributed by atoms with Gasteiger partial charge in [0.1, 0.15) is 5.82 Å². The molecule has 0 saturated carbocycles. The van der Waals surface area contributed by atoms with Crippen molar-refractivity contribution in [3.05, 3.63) is 23.4 Å². The topological polar surface area (TPSA) is 28.2 Å². The Labute approximate surface area is 103 Å². The Morgan fingerprint density at radius 1 is 1.53 bits per heavy atom. The zero-order chi connectivity index (χ0) is 11.7. The van der Waals surface area contributed by atoms with Gasteiger partial charge < -0.3 is 10.2 Å². The Balaban J connectivity index is 1.96. The number of aryl methyl sites for hydroxylation is 1. The zero-order valence-electron chi connectivity index (χ0n) is 10.6. The van der Waals surface area contributed by atoms with E-state index in [1.54, 1.807) is 0 Å². The number of aromatic nitrogens is 1. The fourth-order valence-electron chi connectivity index (χ4n) is 3.15. The molecule has 0 aliphatic carbocycles. The minimum atomic E-state index is 0.667. The average Bonchev–Trinajstić information content (AvgIpc) is 2.39. The fourth-order valence-corrected chi connectivity index (χ4v) is 3.15. The molecule has 1 aromatic heterocycles. The van der Waals surface area contributed by atoms with Gasteiger partial charge in [-0.2, -0.15) is 0 Å². The van der Waals surface area contributed by atoms with Crippen LogP contribution in [0.15, 0.2) is 12.3 Å². The molecule has 0 radical (unpaired) electrons. The van der Waals surface area contributed by atoms with E-state index in [1.165, 1.54) is 42.6 Å². The summed E-state index contributed by atoms with van der Waals surface area (Å²) in [5.41, 5.74) is 3.04. The van der Waals surface area contributed by atoms with Crippen LogP contribution in [0.3, 0.4) is 0 Å². The van der Waals surface area contributed by atoms with Crippen molar-refractivity contribution in [2.24, 2.45) is 0 Å². The van der Waals surface area contributed by atoms with E-state index in [9.17, 15) is 0 Å². The molecule has 2 aliphatic rings. The summed E-state index contributed by atoms with van der Waals surface area (Å²) < 4.78 is 0. The van der Waals surface area contributed by atoms with Crippen molar-refractivity contribution in [3.8, 4) is 0 Å². The number of hydrogen-bond acceptors (Lipinski definition) is 3. The molecule has 0 amide bonds. The fraction of sp³-hybridized carbons (Fsp3) is 0.643. The number of pyridine rings is 1. The lowest BCUT2D eigenvalue weighted by Crippen LogP contribution is -2.53. The SMILES string of the molecule is CCCc1ccnc2c1CCC1CNCCN21. The number of nitrogens with zero attached hydrogens (tertiary/aromatic N) is 2. The first-order valence-corrected chi connectivity index (χ1v) is 6.84. The lowest BCUT2D eigenvalue weighted by molar-refractivity contribution is 0.435. The van der Waals surface area contributed by atoms with Crippen molar-refractivity contribution in [3.63, 3.8) is 0 Å². The molecular formula is C14H21N3. The summed E-state index contributed by atoms with van der Waals surface area (Å²) in [7, 11) is 0. The molecule has 0 bridgehead atoms. The van der Waals surface area contributed by atoms with Gasteiger partial charge in [-0.3, -0.25) is 0 Å². The largest absolute Gasteiger partial charge is 0.351 e. The minimum Gasteiger partial charge on any atom is -0.351 e. The maximum atomic E-state index is 4.64. The van der Waals surface area contributed by atoms with Crippen molar-refractivity contribution < 1.29 is 0 Å². The average molecular weight is 231 g/mol. The first-order chi connectivity index (χ1) is 8.40. The molecule has 3 heterocycles. The van der Waals surface area contributed by atoms with Crippen LogP contribution in [0.4, 0.5) is 5.82 Å². The Hall–Kier alpha value is -1.09. The zero-order valence-corrected chi connectivity index (χ0v) is 10.6. The van der Waals surface area contributed by atoms with Gasteiger partial charge >= 0.3 is 0 Å². The summed E-state index contributed by atoms with van der Waals surface area (Å²) in [5.74, 6) is 1.27. The third-order valence-electron chi connectivity index (χ3n) is 4.00. The van der Waals surface area contributed by atoms with Gasteiger partial charge in [0.05, 0.1) is 0 Å². The predicted molar refractivity (Wildman–Crippen MR) is 70.6 cm³/mol. The third kappa shape index (κ3) is 1.93. The van der Waals surface area contributed by atoms with E-state index in [1.807, 2.05) is 6.20 Å². The van der Waals surface area contributed by atoms with Crippen LogP contribution in [0, 0.1) is 0 Å². The Kier molecular flexibility index (Phi) is 3.02. The lowest BCUT2D eigenvalue weighted by atomic mass is 9.92. The van der Waals surface area contributed by atoms with Crippen molar-refractivity contribution >= 4 is 5.82 Å². The molecule has 1 fully saturated rings. The van der Waals surface area contributed by atoms with Gasteiger partial charge in [0.25, 0.3) is 0 Å². The second-order valence-corrected chi connectivity index (χ2v) is 5.11. The van der Waals surface area contributed by atoms with E-state index >= 15 is 0 Å². The van der Waals surface area contributed by atoms with Crippen LogP contribution in [-0.4, -0.2) is 30.7 Å². The molecule has 1 saturated heterocycles. The van der Waals surface area contributed by atoms with Gasteiger partial charge in [-0.1, -0.05) is 13.3 Å². The van der Waals surface area contributed by atoms with Crippen molar-refractivity contribution in [2.45, 2.75) is 38.6 Å². The number of nitrogens with one attached hydrogen (secondary N) is 1. The van der Waals surface area contributed by atoms with Crippen LogP contribution in [0.5, 0.6) is 0 Å². The van der Waals surface area contributed by atoms with E-state index in [4.69, 9.17) is 0 Å². The van der Waals surface area contributed by atoms with Crippen LogP contribution in [0.25, 0.3) is 0 Å². The molecule has 1 N–H and O–H groups in total. The van der Waals surface area contributed by atoms with E-state index in [-0.39, 0.29) is 0 Å². The molecule has 92 valence electrons. The number of fused-ring (bicyclic) bond motifs is 3. The molecule has 1 unspecified atom stereocenters. The predicted octanol–water partition coefficient (Wildman–Crippen LogP) is 1.76. The summed E-state index contributed by atoms with van der Waals surface area (Å²) in [6.07, 6.45) is 6.90. The number of piperazine rings is 1. The van der Waals surface area contributed by atoms with Gasteiger partial charge in [-0.25, -0.2) is 4.98 Å². The minimum absolute atomic E-state index is 0.667. The number of rotatable bonds is 2.